The summed E-state index contributed by atoms with van der Waals surface area (Å²) in [5.74, 6) is 2.90. The van der Waals surface area contributed by atoms with Crippen LogP contribution < -0.4 is 15.4 Å². The van der Waals surface area contributed by atoms with Crippen LogP contribution in [0.15, 0.2) is 33.8 Å². The summed E-state index contributed by atoms with van der Waals surface area (Å²) in [5, 5.41) is 10.8. The Morgan fingerprint density at radius 3 is 2.54 bits per heavy atom. The lowest BCUT2D eigenvalue weighted by Crippen LogP contribution is -2.36. The van der Waals surface area contributed by atoms with Crippen molar-refractivity contribution in [3.8, 4) is 5.75 Å². The van der Waals surface area contributed by atoms with Crippen LogP contribution in [0.5, 0.6) is 5.75 Å². The molecule has 142 valence electrons. The molecule has 0 bridgehead atoms. The molecule has 26 heavy (non-hydrogen) atoms. The average molecular weight is 358 g/mol. The van der Waals surface area contributed by atoms with Gasteiger partial charge in [0.1, 0.15) is 5.75 Å². The summed E-state index contributed by atoms with van der Waals surface area (Å²) in [6.45, 7) is 7.62. The van der Waals surface area contributed by atoms with Gasteiger partial charge in [-0.15, -0.1) is 0 Å². The van der Waals surface area contributed by atoms with E-state index in [1.165, 1.54) is 5.56 Å². The highest BCUT2D eigenvalue weighted by Crippen LogP contribution is 2.22. The molecule has 6 nitrogen and oxygen atoms in total. The number of hydrogen-bond donors (Lipinski definition) is 2. The van der Waals surface area contributed by atoms with Crippen molar-refractivity contribution in [3.63, 3.8) is 0 Å². The first-order chi connectivity index (χ1) is 12.6. The fourth-order valence-corrected chi connectivity index (χ4v) is 2.94. The van der Waals surface area contributed by atoms with Crippen molar-refractivity contribution in [2.75, 3.05) is 14.2 Å². The van der Waals surface area contributed by atoms with Gasteiger partial charge < -0.3 is 19.9 Å². The summed E-state index contributed by atoms with van der Waals surface area (Å²) in [4.78, 5) is 4.26. The fourth-order valence-electron chi connectivity index (χ4n) is 2.94. The first-order valence-corrected chi connectivity index (χ1v) is 9.14. The van der Waals surface area contributed by atoms with Gasteiger partial charge in [0.2, 0.25) is 0 Å². The monoisotopic (exact) mass is 358 g/mol. The first-order valence-electron chi connectivity index (χ1n) is 9.14. The Morgan fingerprint density at radius 2 is 1.92 bits per heavy atom. The van der Waals surface area contributed by atoms with E-state index in [0.717, 1.165) is 41.6 Å². The van der Waals surface area contributed by atoms with Gasteiger partial charge in [0, 0.05) is 25.6 Å². The molecule has 1 aromatic heterocycles. The van der Waals surface area contributed by atoms with E-state index >= 15 is 0 Å². The number of nitrogens with zero attached hydrogens (tertiary/aromatic N) is 2. The van der Waals surface area contributed by atoms with Gasteiger partial charge in [0.05, 0.1) is 19.3 Å². The van der Waals surface area contributed by atoms with Gasteiger partial charge in [0.25, 0.3) is 0 Å². The van der Waals surface area contributed by atoms with E-state index in [9.17, 15) is 0 Å². The van der Waals surface area contributed by atoms with Crippen LogP contribution in [0.3, 0.4) is 0 Å². The fraction of sp³-hybridized carbons (Fsp3) is 0.500. The third-order valence-corrected chi connectivity index (χ3v) is 4.55. The van der Waals surface area contributed by atoms with Crippen molar-refractivity contribution in [2.45, 2.75) is 52.6 Å². The van der Waals surface area contributed by atoms with Crippen molar-refractivity contribution in [2.24, 2.45) is 4.99 Å². The highest BCUT2D eigenvalue weighted by molar-refractivity contribution is 5.79. The minimum absolute atomic E-state index is 0.461. The van der Waals surface area contributed by atoms with Crippen molar-refractivity contribution >= 4 is 5.96 Å². The van der Waals surface area contributed by atoms with Crippen LogP contribution in [-0.2, 0) is 13.1 Å². The lowest BCUT2D eigenvalue weighted by Gasteiger charge is -2.12. The Hall–Kier alpha value is -2.50. The normalized spacial score (nSPS) is 11.7. The van der Waals surface area contributed by atoms with E-state index < -0.39 is 0 Å². The zero-order valence-electron chi connectivity index (χ0n) is 16.4. The van der Waals surface area contributed by atoms with Crippen LogP contribution in [0.1, 0.15) is 55.2 Å². The maximum absolute atomic E-state index is 5.44. The molecule has 2 rings (SSSR count). The van der Waals surface area contributed by atoms with Crippen LogP contribution >= 0.6 is 0 Å². The minimum Gasteiger partial charge on any atom is -0.496 e. The molecule has 0 saturated heterocycles. The van der Waals surface area contributed by atoms with E-state index in [1.807, 2.05) is 25.1 Å². The topological polar surface area (TPSA) is 71.7 Å². The van der Waals surface area contributed by atoms with Gasteiger partial charge in [-0.25, -0.2) is 0 Å². The molecule has 0 spiro atoms. The predicted molar refractivity (Wildman–Crippen MR) is 105 cm³/mol. The molecule has 2 N–H and O–H groups in total. The number of ether oxygens (including phenoxy) is 1. The van der Waals surface area contributed by atoms with Gasteiger partial charge >= 0.3 is 0 Å². The zero-order chi connectivity index (χ0) is 18.9. The third kappa shape index (κ3) is 5.25. The molecule has 0 aliphatic heterocycles. The molecule has 0 aliphatic rings. The number of aromatic nitrogens is 1. The molecular weight excluding hydrogens is 328 g/mol. The minimum atomic E-state index is 0.461. The Labute approximate surface area is 156 Å². The Balaban J connectivity index is 1.87. The second-order valence-corrected chi connectivity index (χ2v) is 6.31. The molecule has 0 aliphatic carbocycles. The first kappa shape index (κ1) is 19.8. The summed E-state index contributed by atoms with van der Waals surface area (Å²) in [5.41, 5.74) is 3.32. The van der Waals surface area contributed by atoms with Gasteiger partial charge in [-0.05, 0) is 37.0 Å². The van der Waals surface area contributed by atoms with Gasteiger partial charge in [-0.2, -0.15) is 0 Å². The maximum Gasteiger partial charge on any atom is 0.191 e. The quantitative estimate of drug-likeness (QED) is 0.555. The highest BCUT2D eigenvalue weighted by Gasteiger charge is 2.13. The zero-order valence-corrected chi connectivity index (χ0v) is 16.4. The lowest BCUT2D eigenvalue weighted by molar-refractivity contribution is 0.368. The molecule has 0 radical (unpaired) electrons. The second kappa shape index (κ2) is 9.85. The molecule has 1 heterocycles. The number of guanidine groups is 1. The Kier molecular flexibility index (Phi) is 7.51. The van der Waals surface area contributed by atoms with Gasteiger partial charge in [-0.1, -0.05) is 31.1 Å². The Bertz CT molecular complexity index is 720. The SMILES string of the molecule is CCC(CC)c1cc(CNC(=NC)NCc2ccc(OC)c(C)c2)on1. The molecule has 1 aromatic carbocycles. The van der Waals surface area contributed by atoms with E-state index in [0.29, 0.717) is 19.0 Å². The van der Waals surface area contributed by atoms with Crippen molar-refractivity contribution in [1.82, 2.24) is 15.8 Å². The molecular formula is C20H30N4O2. The van der Waals surface area contributed by atoms with E-state index in [4.69, 9.17) is 9.26 Å². The van der Waals surface area contributed by atoms with Crippen LogP contribution in [-0.4, -0.2) is 25.3 Å². The number of hydrogen-bond acceptors (Lipinski definition) is 4. The highest BCUT2D eigenvalue weighted by atomic mass is 16.5. The number of methoxy groups -OCH3 is 1. The number of nitrogens with one attached hydrogen (secondary N) is 2. The second-order valence-electron chi connectivity index (χ2n) is 6.31. The van der Waals surface area contributed by atoms with Crippen molar-refractivity contribution < 1.29 is 9.26 Å². The molecule has 0 unspecified atom stereocenters. The van der Waals surface area contributed by atoms with Gasteiger partial charge in [0.15, 0.2) is 11.7 Å². The van der Waals surface area contributed by atoms with Gasteiger partial charge in [-0.3, -0.25) is 4.99 Å². The van der Waals surface area contributed by atoms with Crippen LogP contribution in [0.4, 0.5) is 0 Å². The van der Waals surface area contributed by atoms with Crippen molar-refractivity contribution in [1.29, 1.82) is 0 Å². The summed E-state index contributed by atoms with van der Waals surface area (Å²) < 4.78 is 10.7. The molecule has 0 atom stereocenters. The van der Waals surface area contributed by atoms with Crippen LogP contribution in [0.2, 0.25) is 0 Å². The van der Waals surface area contributed by atoms with E-state index in [1.54, 1.807) is 14.2 Å². The maximum atomic E-state index is 5.44. The predicted octanol–water partition coefficient (Wildman–Crippen LogP) is 3.76. The summed E-state index contributed by atoms with van der Waals surface area (Å²) in [7, 11) is 3.44. The number of aryl methyl sites for hydroxylation is 1. The van der Waals surface area contributed by atoms with E-state index in [2.05, 4.69) is 40.7 Å². The summed E-state index contributed by atoms with van der Waals surface area (Å²) in [6.07, 6.45) is 2.14. The van der Waals surface area contributed by atoms with Crippen LogP contribution in [0, 0.1) is 6.92 Å². The molecule has 6 heteroatoms. The summed E-state index contributed by atoms with van der Waals surface area (Å²) >= 11 is 0. The number of benzene rings is 1. The largest absolute Gasteiger partial charge is 0.496 e. The van der Waals surface area contributed by atoms with Crippen LogP contribution in [0.25, 0.3) is 0 Å². The average Bonchev–Trinajstić information content (AvgIpc) is 3.12. The number of aliphatic imine (C=N–C) groups is 1. The molecule has 0 fully saturated rings. The smallest absolute Gasteiger partial charge is 0.191 e. The molecule has 0 amide bonds. The third-order valence-electron chi connectivity index (χ3n) is 4.55. The molecule has 0 saturated carbocycles. The lowest BCUT2D eigenvalue weighted by atomic mass is 9.99. The van der Waals surface area contributed by atoms with E-state index in [-0.39, 0.29) is 0 Å². The standard InChI is InChI=1S/C20H30N4O2/c1-6-16(7-2)18-11-17(26-24-18)13-23-20(21-4)22-12-15-8-9-19(25-5)14(3)10-15/h8-11,16H,6-7,12-13H2,1-5H3,(H2,21,22,23). The number of rotatable bonds is 8. The Morgan fingerprint density at radius 1 is 1.19 bits per heavy atom. The molecule has 2 aromatic rings. The summed E-state index contributed by atoms with van der Waals surface area (Å²) in [6, 6.07) is 8.17. The van der Waals surface area contributed by atoms with Crippen molar-refractivity contribution in [3.05, 3.63) is 46.8 Å².